The van der Waals surface area contributed by atoms with Crippen molar-refractivity contribution in [3.8, 4) is 28.4 Å². The molecule has 1 fully saturated rings. The first-order valence-corrected chi connectivity index (χ1v) is 11.0. The van der Waals surface area contributed by atoms with Crippen molar-refractivity contribution in [2.45, 2.75) is 44.6 Å². The maximum Gasteiger partial charge on any atom is 0.306 e. The van der Waals surface area contributed by atoms with E-state index in [4.69, 9.17) is 9.84 Å². The summed E-state index contributed by atoms with van der Waals surface area (Å²) in [5.74, 6) is -0.296. The van der Waals surface area contributed by atoms with E-state index in [0.717, 1.165) is 35.4 Å². The van der Waals surface area contributed by atoms with Crippen LogP contribution in [-0.4, -0.2) is 32.1 Å². The zero-order chi connectivity index (χ0) is 22.1. The average molecular weight is 433 g/mol. The number of hydrogen-bond acceptors (Lipinski definition) is 4. The highest BCUT2D eigenvalue weighted by atomic mass is 19.1. The van der Waals surface area contributed by atoms with E-state index in [0.29, 0.717) is 43.0 Å². The first kappa shape index (κ1) is 20.4. The summed E-state index contributed by atoms with van der Waals surface area (Å²) >= 11 is 0. The third-order valence-corrected chi connectivity index (χ3v) is 6.25. The Hall–Kier alpha value is -3.48. The number of ether oxygens (including phenoxy) is 1. The summed E-state index contributed by atoms with van der Waals surface area (Å²) in [6.07, 6.45) is 10.2. The van der Waals surface area contributed by atoms with Gasteiger partial charge >= 0.3 is 5.97 Å². The van der Waals surface area contributed by atoms with Gasteiger partial charge in [0.25, 0.3) is 0 Å². The Labute approximate surface area is 185 Å². The van der Waals surface area contributed by atoms with Gasteiger partial charge in [0.05, 0.1) is 17.2 Å². The summed E-state index contributed by atoms with van der Waals surface area (Å²) in [5.41, 5.74) is 3.89. The van der Waals surface area contributed by atoms with Crippen molar-refractivity contribution in [3.63, 3.8) is 0 Å². The maximum absolute atomic E-state index is 14.9. The van der Waals surface area contributed by atoms with Gasteiger partial charge in [-0.05, 0) is 68.4 Å². The van der Waals surface area contributed by atoms with Crippen molar-refractivity contribution in [1.29, 1.82) is 0 Å². The van der Waals surface area contributed by atoms with E-state index in [2.05, 4.69) is 21.0 Å². The number of rotatable bonds is 5. The van der Waals surface area contributed by atoms with Gasteiger partial charge in [-0.3, -0.25) is 4.79 Å². The molecule has 3 aromatic rings. The SMILES string of the molecule is O=C(O)C1CCC(Oc2ccc(-c3ccc(-c4nc5c([nH]4)CCC=C5)c(F)c3)cn2)CC1. The number of H-pyrrole nitrogens is 1. The van der Waals surface area contributed by atoms with Crippen molar-refractivity contribution in [2.24, 2.45) is 5.92 Å². The Balaban J connectivity index is 1.27. The van der Waals surface area contributed by atoms with Crippen LogP contribution in [0.5, 0.6) is 5.88 Å². The summed E-state index contributed by atoms with van der Waals surface area (Å²) in [4.78, 5) is 23.2. The Morgan fingerprint density at radius 2 is 1.94 bits per heavy atom. The quantitative estimate of drug-likeness (QED) is 0.573. The number of imidazole rings is 1. The number of nitrogens with one attached hydrogen (secondary N) is 1. The zero-order valence-electron chi connectivity index (χ0n) is 17.6. The minimum atomic E-state index is -0.729. The molecule has 6 nitrogen and oxygen atoms in total. The van der Waals surface area contributed by atoms with Gasteiger partial charge in [-0.1, -0.05) is 12.1 Å². The molecule has 1 aromatic carbocycles. The standard InChI is InChI=1S/C25H24FN3O3/c26-20-13-16(7-11-19(20)24-28-21-3-1-2-4-22(21)29-24)17-8-12-23(27-14-17)32-18-9-5-15(6-10-18)25(30)31/h1,3,7-8,11-15,18H,2,4-6,9-10H2,(H,28,29)(H,30,31). The molecule has 5 rings (SSSR count). The van der Waals surface area contributed by atoms with Gasteiger partial charge in [-0.2, -0.15) is 0 Å². The monoisotopic (exact) mass is 433 g/mol. The third-order valence-electron chi connectivity index (χ3n) is 6.25. The number of nitrogens with zero attached hydrogens (tertiary/aromatic N) is 2. The lowest BCUT2D eigenvalue weighted by atomic mass is 9.87. The van der Waals surface area contributed by atoms with Crippen molar-refractivity contribution < 1.29 is 19.0 Å². The van der Waals surface area contributed by atoms with Crippen molar-refractivity contribution in [3.05, 3.63) is 59.8 Å². The first-order chi connectivity index (χ1) is 15.6. The number of hydrogen-bond donors (Lipinski definition) is 2. The van der Waals surface area contributed by atoms with E-state index in [9.17, 15) is 9.18 Å². The molecule has 0 spiro atoms. The van der Waals surface area contributed by atoms with Crippen LogP contribution in [0.1, 0.15) is 43.5 Å². The molecule has 164 valence electrons. The van der Waals surface area contributed by atoms with E-state index in [1.165, 1.54) is 6.07 Å². The second kappa shape index (κ2) is 8.57. The lowest BCUT2D eigenvalue weighted by Crippen LogP contribution is -2.28. The molecule has 1 saturated carbocycles. The van der Waals surface area contributed by atoms with Crippen LogP contribution in [-0.2, 0) is 11.2 Å². The number of halogens is 1. The van der Waals surface area contributed by atoms with Gasteiger partial charge in [0.2, 0.25) is 5.88 Å². The van der Waals surface area contributed by atoms with Crippen LogP contribution >= 0.6 is 0 Å². The predicted octanol–water partition coefficient (Wildman–Crippen LogP) is 5.26. The Morgan fingerprint density at radius 1 is 1.12 bits per heavy atom. The number of aromatic nitrogens is 3. The largest absolute Gasteiger partial charge is 0.481 e. The number of aliphatic carboxylic acids is 1. The summed E-state index contributed by atoms with van der Waals surface area (Å²) in [7, 11) is 0. The molecule has 0 amide bonds. The summed E-state index contributed by atoms with van der Waals surface area (Å²) < 4.78 is 20.8. The zero-order valence-corrected chi connectivity index (χ0v) is 17.6. The molecule has 0 unspecified atom stereocenters. The van der Waals surface area contributed by atoms with Gasteiger partial charge in [0, 0.05) is 23.5 Å². The lowest BCUT2D eigenvalue weighted by Gasteiger charge is -2.26. The number of aryl methyl sites for hydroxylation is 1. The Kier molecular flexibility index (Phi) is 5.47. The number of carbonyl (C=O) groups is 1. The topological polar surface area (TPSA) is 88.1 Å². The molecule has 0 atom stereocenters. The second-order valence-electron chi connectivity index (χ2n) is 8.40. The fraction of sp³-hybridized carbons (Fsp3) is 0.320. The number of fused-ring (bicyclic) bond motifs is 1. The van der Waals surface area contributed by atoms with Crippen molar-refractivity contribution in [1.82, 2.24) is 15.0 Å². The molecule has 7 heteroatoms. The van der Waals surface area contributed by atoms with E-state index in [1.807, 2.05) is 18.2 Å². The lowest BCUT2D eigenvalue weighted by molar-refractivity contribution is -0.143. The van der Waals surface area contributed by atoms with Crippen LogP contribution in [0.3, 0.4) is 0 Å². The fourth-order valence-electron chi connectivity index (χ4n) is 4.41. The highest BCUT2D eigenvalue weighted by molar-refractivity contribution is 5.70. The molecular weight excluding hydrogens is 409 g/mol. The molecule has 2 aliphatic carbocycles. The highest BCUT2D eigenvalue weighted by Crippen LogP contribution is 2.30. The van der Waals surface area contributed by atoms with Gasteiger partial charge in [0.15, 0.2) is 0 Å². The molecule has 0 radical (unpaired) electrons. The Bertz CT molecular complexity index is 1160. The molecule has 0 bridgehead atoms. The molecule has 2 N–H and O–H groups in total. The van der Waals surface area contributed by atoms with Gasteiger partial charge < -0.3 is 14.8 Å². The number of benzene rings is 1. The second-order valence-corrected chi connectivity index (χ2v) is 8.40. The fourth-order valence-corrected chi connectivity index (χ4v) is 4.41. The summed E-state index contributed by atoms with van der Waals surface area (Å²) in [6.45, 7) is 0. The van der Waals surface area contributed by atoms with Gasteiger partial charge in [-0.15, -0.1) is 0 Å². The van der Waals surface area contributed by atoms with Crippen LogP contribution in [0.25, 0.3) is 28.6 Å². The van der Waals surface area contributed by atoms with E-state index < -0.39 is 5.97 Å². The van der Waals surface area contributed by atoms with E-state index in [-0.39, 0.29) is 17.8 Å². The van der Waals surface area contributed by atoms with E-state index in [1.54, 1.807) is 18.3 Å². The van der Waals surface area contributed by atoms with Gasteiger partial charge in [-0.25, -0.2) is 14.4 Å². The van der Waals surface area contributed by atoms with Crippen LogP contribution < -0.4 is 4.74 Å². The highest BCUT2D eigenvalue weighted by Gasteiger charge is 2.27. The third kappa shape index (κ3) is 4.15. The molecular formula is C25H24FN3O3. The van der Waals surface area contributed by atoms with Crippen molar-refractivity contribution >= 4 is 12.0 Å². The smallest absolute Gasteiger partial charge is 0.306 e. The molecule has 32 heavy (non-hydrogen) atoms. The predicted molar refractivity (Wildman–Crippen MR) is 119 cm³/mol. The molecule has 0 aliphatic heterocycles. The summed E-state index contributed by atoms with van der Waals surface area (Å²) in [6, 6.07) is 8.73. The average Bonchev–Trinajstić information content (AvgIpc) is 3.24. The molecule has 2 aromatic heterocycles. The van der Waals surface area contributed by atoms with Crippen molar-refractivity contribution in [2.75, 3.05) is 0 Å². The normalized spacial score (nSPS) is 20.0. The number of pyridine rings is 1. The minimum absolute atomic E-state index is 0.0188. The molecule has 0 saturated heterocycles. The van der Waals surface area contributed by atoms with Crippen LogP contribution in [0.2, 0.25) is 0 Å². The number of allylic oxidation sites excluding steroid dienone is 1. The first-order valence-electron chi connectivity index (χ1n) is 11.0. The minimum Gasteiger partial charge on any atom is -0.481 e. The molecule has 2 heterocycles. The van der Waals surface area contributed by atoms with Crippen LogP contribution in [0.15, 0.2) is 42.6 Å². The van der Waals surface area contributed by atoms with Crippen LogP contribution in [0, 0.1) is 11.7 Å². The Morgan fingerprint density at radius 3 is 2.62 bits per heavy atom. The summed E-state index contributed by atoms with van der Waals surface area (Å²) in [5, 5.41) is 9.11. The molecule has 2 aliphatic rings. The van der Waals surface area contributed by atoms with Crippen LogP contribution in [0.4, 0.5) is 4.39 Å². The number of carboxylic acids is 1. The van der Waals surface area contributed by atoms with Gasteiger partial charge in [0.1, 0.15) is 17.7 Å². The number of aromatic amines is 1. The maximum atomic E-state index is 14.9. The number of carboxylic acid groups (broad SMARTS) is 1. The van der Waals surface area contributed by atoms with E-state index >= 15 is 0 Å².